The van der Waals surface area contributed by atoms with Crippen molar-refractivity contribution in [1.29, 1.82) is 0 Å². The number of carbonyl (C=O) groups is 2. The van der Waals surface area contributed by atoms with Gasteiger partial charge in [-0.1, -0.05) is 12.1 Å². The van der Waals surface area contributed by atoms with Gasteiger partial charge in [0, 0.05) is 0 Å². The minimum absolute atomic E-state index is 0.00966. The predicted octanol–water partition coefficient (Wildman–Crippen LogP) is 2.08. The Bertz CT molecular complexity index is 578. The van der Waals surface area contributed by atoms with E-state index in [1.807, 2.05) is 0 Å². The molecule has 0 unspecified atom stereocenters. The van der Waals surface area contributed by atoms with E-state index in [0.29, 0.717) is 5.56 Å². The number of hydrogen-bond donors (Lipinski definition) is 1. The molecule has 0 aliphatic rings. The first-order valence-corrected chi connectivity index (χ1v) is 7.17. The molecule has 0 bridgehead atoms. The molecule has 0 saturated heterocycles. The average Bonchev–Trinajstić information content (AvgIpc) is 2.48. The summed E-state index contributed by atoms with van der Waals surface area (Å²) in [6.45, 7) is 5.15. The Labute approximate surface area is 139 Å². The van der Waals surface area contributed by atoms with Crippen molar-refractivity contribution in [2.75, 3.05) is 13.2 Å². The maximum Gasteiger partial charge on any atom is 0.407 e. The standard InChI is InChI=1S/C15H20N2O7/c1-15(2,3)24-14(19)16-8-9-22-13(18)12-6-4-11(5-7-12)10-23-17(20)21/h4-7H,8-10H2,1-3H3,(H,16,19). The highest BCUT2D eigenvalue weighted by molar-refractivity contribution is 5.89. The first-order valence-electron chi connectivity index (χ1n) is 7.17. The van der Waals surface area contributed by atoms with Gasteiger partial charge in [0.2, 0.25) is 0 Å². The molecule has 9 nitrogen and oxygen atoms in total. The number of alkyl carbamates (subject to hydrolysis) is 1. The van der Waals surface area contributed by atoms with Crippen molar-refractivity contribution in [2.45, 2.75) is 33.0 Å². The van der Waals surface area contributed by atoms with Gasteiger partial charge < -0.3 is 19.6 Å². The minimum Gasteiger partial charge on any atom is -0.460 e. The molecule has 0 aromatic heterocycles. The van der Waals surface area contributed by atoms with Crippen molar-refractivity contribution in [3.8, 4) is 0 Å². The van der Waals surface area contributed by atoms with Crippen LogP contribution in [0.2, 0.25) is 0 Å². The van der Waals surface area contributed by atoms with Crippen LogP contribution in [0, 0.1) is 10.1 Å². The number of nitrogens with zero attached hydrogens (tertiary/aromatic N) is 1. The fourth-order valence-corrected chi connectivity index (χ4v) is 1.56. The van der Waals surface area contributed by atoms with Gasteiger partial charge in [0.1, 0.15) is 18.8 Å². The smallest absolute Gasteiger partial charge is 0.407 e. The third-order valence-electron chi connectivity index (χ3n) is 2.53. The van der Waals surface area contributed by atoms with Crippen LogP contribution >= 0.6 is 0 Å². The van der Waals surface area contributed by atoms with Gasteiger partial charge in [-0.25, -0.2) is 9.59 Å². The number of esters is 1. The summed E-state index contributed by atoms with van der Waals surface area (Å²) in [4.78, 5) is 37.5. The average molecular weight is 340 g/mol. The van der Waals surface area contributed by atoms with E-state index in [0.717, 1.165) is 0 Å². The maximum atomic E-state index is 11.8. The molecule has 1 aromatic rings. The second-order valence-electron chi connectivity index (χ2n) is 5.76. The lowest BCUT2D eigenvalue weighted by atomic mass is 10.1. The van der Waals surface area contributed by atoms with E-state index in [2.05, 4.69) is 10.2 Å². The van der Waals surface area contributed by atoms with Gasteiger partial charge in [-0.05, 0) is 38.5 Å². The van der Waals surface area contributed by atoms with Crippen LogP contribution in [0.1, 0.15) is 36.7 Å². The minimum atomic E-state index is -0.889. The van der Waals surface area contributed by atoms with E-state index >= 15 is 0 Å². The van der Waals surface area contributed by atoms with Crippen LogP contribution in [-0.2, 0) is 20.9 Å². The molecule has 1 amide bonds. The number of nitrogens with one attached hydrogen (secondary N) is 1. The molecule has 0 atom stereocenters. The van der Waals surface area contributed by atoms with Crippen molar-refractivity contribution in [2.24, 2.45) is 0 Å². The molecule has 0 radical (unpaired) electrons. The molecule has 132 valence electrons. The molecule has 0 heterocycles. The van der Waals surface area contributed by atoms with Crippen LogP contribution < -0.4 is 5.32 Å². The van der Waals surface area contributed by atoms with Gasteiger partial charge in [0.15, 0.2) is 0 Å². The summed E-state index contributed by atoms with van der Waals surface area (Å²) in [5.74, 6) is -0.567. The molecule has 0 fully saturated rings. The number of carbonyl (C=O) groups excluding carboxylic acids is 2. The molecule has 24 heavy (non-hydrogen) atoms. The summed E-state index contributed by atoms with van der Waals surface area (Å²) >= 11 is 0. The van der Waals surface area contributed by atoms with Gasteiger partial charge in [-0.3, -0.25) is 0 Å². The lowest BCUT2D eigenvalue weighted by molar-refractivity contribution is -0.763. The highest BCUT2D eigenvalue weighted by Crippen LogP contribution is 2.08. The zero-order valence-corrected chi connectivity index (χ0v) is 13.7. The van der Waals surface area contributed by atoms with Crippen LogP contribution in [0.5, 0.6) is 0 Å². The highest BCUT2D eigenvalue weighted by Gasteiger charge is 2.15. The van der Waals surface area contributed by atoms with E-state index in [1.165, 1.54) is 24.3 Å². The number of benzene rings is 1. The molecule has 0 aliphatic heterocycles. The first kappa shape index (κ1) is 19.2. The van der Waals surface area contributed by atoms with Crippen LogP contribution in [0.3, 0.4) is 0 Å². The number of ether oxygens (including phenoxy) is 2. The second-order valence-corrected chi connectivity index (χ2v) is 5.76. The third kappa shape index (κ3) is 7.97. The zero-order chi connectivity index (χ0) is 18.2. The molecule has 0 spiro atoms. The van der Waals surface area contributed by atoms with Crippen molar-refractivity contribution >= 4 is 12.1 Å². The van der Waals surface area contributed by atoms with Crippen LogP contribution in [0.15, 0.2) is 24.3 Å². The Morgan fingerprint density at radius 3 is 2.38 bits per heavy atom. The fraction of sp³-hybridized carbons (Fsp3) is 0.467. The van der Waals surface area contributed by atoms with Crippen molar-refractivity contribution in [3.63, 3.8) is 0 Å². The molecule has 0 aliphatic carbocycles. The molecule has 1 N–H and O–H groups in total. The normalized spacial score (nSPS) is 10.6. The maximum absolute atomic E-state index is 11.8. The number of amides is 1. The summed E-state index contributed by atoms with van der Waals surface area (Å²) in [6, 6.07) is 6.00. The van der Waals surface area contributed by atoms with E-state index in [9.17, 15) is 19.7 Å². The lowest BCUT2D eigenvalue weighted by Crippen LogP contribution is -2.34. The van der Waals surface area contributed by atoms with Crippen molar-refractivity contribution in [1.82, 2.24) is 5.32 Å². The fourth-order valence-electron chi connectivity index (χ4n) is 1.56. The Kier molecular flexibility index (Phi) is 6.97. The number of hydrogen-bond acceptors (Lipinski definition) is 7. The summed E-state index contributed by atoms with van der Waals surface area (Å²) < 4.78 is 10.0. The molecule has 1 aromatic carbocycles. The topological polar surface area (TPSA) is 117 Å². The Balaban J connectivity index is 2.32. The van der Waals surface area contributed by atoms with Crippen molar-refractivity contribution < 1.29 is 29.0 Å². The summed E-state index contributed by atoms with van der Waals surface area (Å²) in [6.07, 6.45) is -0.589. The van der Waals surface area contributed by atoms with E-state index < -0.39 is 22.8 Å². The molecule has 9 heteroatoms. The van der Waals surface area contributed by atoms with Crippen LogP contribution in [0.25, 0.3) is 0 Å². The van der Waals surface area contributed by atoms with E-state index in [-0.39, 0.29) is 25.3 Å². The van der Waals surface area contributed by atoms with Gasteiger partial charge in [-0.15, -0.1) is 10.1 Å². The predicted molar refractivity (Wildman–Crippen MR) is 82.7 cm³/mol. The van der Waals surface area contributed by atoms with Gasteiger partial charge in [-0.2, -0.15) is 0 Å². The first-order chi connectivity index (χ1) is 11.2. The third-order valence-corrected chi connectivity index (χ3v) is 2.53. The summed E-state index contributed by atoms with van der Waals surface area (Å²) in [7, 11) is 0. The summed E-state index contributed by atoms with van der Waals surface area (Å²) in [5.41, 5.74) is 0.244. The SMILES string of the molecule is CC(C)(C)OC(=O)NCCOC(=O)c1ccc(CO[N+](=O)[O-])cc1. The molecular weight excluding hydrogens is 320 g/mol. The molecule has 1 rings (SSSR count). The van der Waals surface area contributed by atoms with Crippen molar-refractivity contribution in [3.05, 3.63) is 45.5 Å². The molecular formula is C15H20N2O7. The second kappa shape index (κ2) is 8.70. The Morgan fingerprint density at radius 1 is 1.21 bits per heavy atom. The number of rotatable bonds is 7. The largest absolute Gasteiger partial charge is 0.460 e. The van der Waals surface area contributed by atoms with E-state index in [1.54, 1.807) is 20.8 Å². The van der Waals surface area contributed by atoms with E-state index in [4.69, 9.17) is 9.47 Å². The van der Waals surface area contributed by atoms with Crippen LogP contribution in [0.4, 0.5) is 4.79 Å². The monoisotopic (exact) mass is 340 g/mol. The van der Waals surface area contributed by atoms with Gasteiger partial charge in [0.25, 0.3) is 5.09 Å². The lowest BCUT2D eigenvalue weighted by Gasteiger charge is -2.19. The zero-order valence-electron chi connectivity index (χ0n) is 13.7. The quantitative estimate of drug-likeness (QED) is 0.349. The summed E-state index contributed by atoms with van der Waals surface area (Å²) in [5, 5.41) is 11.7. The van der Waals surface area contributed by atoms with Gasteiger partial charge in [0.05, 0.1) is 12.1 Å². The highest BCUT2D eigenvalue weighted by atomic mass is 16.9. The Hall–Kier alpha value is -2.84. The molecule has 0 saturated carbocycles. The van der Waals surface area contributed by atoms with Gasteiger partial charge >= 0.3 is 12.1 Å². The van der Waals surface area contributed by atoms with Crippen LogP contribution in [-0.4, -0.2) is 35.9 Å². The Morgan fingerprint density at radius 2 is 1.83 bits per heavy atom.